The molecular weight excluding hydrogens is 318 g/mol. The number of H-pyrrole nitrogens is 1. The van der Waals surface area contributed by atoms with Crippen molar-refractivity contribution in [2.24, 2.45) is 0 Å². The largest absolute Gasteiger partial charge is 0.262 e. The minimum atomic E-state index is -3.76. The van der Waals surface area contributed by atoms with E-state index in [1.165, 1.54) is 37.6 Å². The first kappa shape index (κ1) is 15.6. The first-order valence-corrected chi connectivity index (χ1v) is 8.69. The molecule has 0 amide bonds. The van der Waals surface area contributed by atoms with Gasteiger partial charge in [0, 0.05) is 0 Å². The van der Waals surface area contributed by atoms with Gasteiger partial charge in [0.25, 0.3) is 0 Å². The van der Waals surface area contributed by atoms with Gasteiger partial charge in [-0.2, -0.15) is 5.10 Å². The standard InChI is InChI=1S/C10H13N5O4S2/c1-11-20(16,17)8-2-4-9(5-3-8)21(18,19)14-6-10-12-7-13-15-10/h2-5,7,11,14H,6H2,1H3,(H,12,13,15). The van der Waals surface area contributed by atoms with Gasteiger partial charge in [-0.15, -0.1) is 0 Å². The molecule has 0 bridgehead atoms. The monoisotopic (exact) mass is 331 g/mol. The average molecular weight is 331 g/mol. The van der Waals surface area contributed by atoms with Crippen LogP contribution >= 0.6 is 0 Å². The van der Waals surface area contributed by atoms with Crippen LogP contribution in [0.1, 0.15) is 5.82 Å². The maximum atomic E-state index is 12.0. The van der Waals surface area contributed by atoms with Gasteiger partial charge in [0.2, 0.25) is 20.0 Å². The Balaban J connectivity index is 2.17. The van der Waals surface area contributed by atoms with Crippen LogP contribution in [0.3, 0.4) is 0 Å². The fraction of sp³-hybridized carbons (Fsp3) is 0.200. The van der Waals surface area contributed by atoms with Crippen molar-refractivity contribution in [2.45, 2.75) is 16.3 Å². The average Bonchev–Trinajstić information content (AvgIpc) is 2.99. The van der Waals surface area contributed by atoms with Crippen LogP contribution in [0, 0.1) is 0 Å². The topological polar surface area (TPSA) is 134 Å². The summed E-state index contributed by atoms with van der Waals surface area (Å²) in [4.78, 5) is 3.73. The van der Waals surface area contributed by atoms with Crippen LogP contribution in [0.5, 0.6) is 0 Å². The van der Waals surface area contributed by atoms with Crippen molar-refractivity contribution in [1.29, 1.82) is 0 Å². The van der Waals surface area contributed by atoms with Gasteiger partial charge in [-0.1, -0.05) is 0 Å². The van der Waals surface area contributed by atoms with E-state index in [1.54, 1.807) is 0 Å². The number of aromatic nitrogens is 3. The zero-order valence-electron chi connectivity index (χ0n) is 10.9. The Bertz CT molecular complexity index is 798. The van der Waals surface area contributed by atoms with E-state index in [0.717, 1.165) is 0 Å². The molecule has 0 unspecified atom stereocenters. The molecule has 1 heterocycles. The van der Waals surface area contributed by atoms with E-state index in [9.17, 15) is 16.8 Å². The second-order valence-corrected chi connectivity index (χ2v) is 7.59. The van der Waals surface area contributed by atoms with Crippen molar-refractivity contribution in [3.8, 4) is 0 Å². The molecule has 1 aromatic carbocycles. The third kappa shape index (κ3) is 3.64. The molecule has 2 aromatic rings. The molecule has 0 aliphatic rings. The van der Waals surface area contributed by atoms with Crippen molar-refractivity contribution in [3.63, 3.8) is 0 Å². The Morgan fingerprint density at radius 2 is 1.62 bits per heavy atom. The maximum Gasteiger partial charge on any atom is 0.240 e. The summed E-state index contributed by atoms with van der Waals surface area (Å²) >= 11 is 0. The summed E-state index contributed by atoms with van der Waals surface area (Å²) < 4.78 is 51.6. The Hall–Kier alpha value is -1.82. The molecule has 2 rings (SSSR count). The molecular formula is C10H13N5O4S2. The van der Waals surface area contributed by atoms with Gasteiger partial charge in [-0.05, 0) is 31.3 Å². The summed E-state index contributed by atoms with van der Waals surface area (Å²) in [6.07, 6.45) is 1.26. The molecule has 0 aliphatic carbocycles. The van der Waals surface area contributed by atoms with Gasteiger partial charge in [0.15, 0.2) is 0 Å². The molecule has 0 atom stereocenters. The van der Waals surface area contributed by atoms with Gasteiger partial charge >= 0.3 is 0 Å². The summed E-state index contributed by atoms with van der Waals surface area (Å²) in [5, 5.41) is 6.12. The Morgan fingerprint density at radius 3 is 2.10 bits per heavy atom. The predicted octanol–water partition coefficient (Wildman–Crippen LogP) is -0.809. The number of benzene rings is 1. The lowest BCUT2D eigenvalue weighted by Crippen LogP contribution is -2.24. The Labute approximate surface area is 121 Å². The minimum absolute atomic E-state index is 0.0146. The molecule has 9 nitrogen and oxygen atoms in total. The summed E-state index contributed by atoms with van der Waals surface area (Å²) in [7, 11) is -6.08. The highest BCUT2D eigenvalue weighted by molar-refractivity contribution is 7.90. The number of sulfonamides is 2. The Kier molecular flexibility index (Phi) is 4.37. The first-order chi connectivity index (χ1) is 9.85. The number of rotatable bonds is 6. The van der Waals surface area contributed by atoms with E-state index in [4.69, 9.17) is 0 Å². The number of hydrogen-bond acceptors (Lipinski definition) is 6. The Morgan fingerprint density at radius 1 is 1.05 bits per heavy atom. The summed E-state index contributed by atoms with van der Waals surface area (Å²) in [5.41, 5.74) is 0. The van der Waals surface area contributed by atoms with E-state index < -0.39 is 20.0 Å². The van der Waals surface area contributed by atoms with Crippen LogP contribution in [0.4, 0.5) is 0 Å². The van der Waals surface area contributed by atoms with Gasteiger partial charge in [0.1, 0.15) is 12.2 Å². The van der Waals surface area contributed by atoms with Crippen LogP contribution in [0.15, 0.2) is 40.4 Å². The SMILES string of the molecule is CNS(=O)(=O)c1ccc(S(=O)(=O)NCc2ncn[nH]2)cc1. The third-order valence-electron chi connectivity index (χ3n) is 2.61. The van der Waals surface area contributed by atoms with Crippen molar-refractivity contribution in [3.05, 3.63) is 36.4 Å². The molecule has 11 heteroatoms. The number of hydrogen-bond donors (Lipinski definition) is 3. The maximum absolute atomic E-state index is 12.0. The molecule has 0 saturated heterocycles. The lowest BCUT2D eigenvalue weighted by molar-refractivity contribution is 0.578. The molecule has 0 saturated carbocycles. The molecule has 0 fully saturated rings. The normalized spacial score (nSPS) is 12.4. The van der Waals surface area contributed by atoms with Gasteiger partial charge in [-0.25, -0.2) is 31.3 Å². The fourth-order valence-corrected chi connectivity index (χ4v) is 3.20. The zero-order chi connectivity index (χ0) is 15.5. The van der Waals surface area contributed by atoms with E-state index in [1.807, 2.05) is 0 Å². The van der Waals surface area contributed by atoms with Gasteiger partial charge in [0.05, 0.1) is 16.3 Å². The van der Waals surface area contributed by atoms with E-state index in [0.29, 0.717) is 5.82 Å². The molecule has 114 valence electrons. The van der Waals surface area contributed by atoms with E-state index >= 15 is 0 Å². The molecule has 0 spiro atoms. The number of nitrogens with one attached hydrogen (secondary N) is 3. The molecule has 0 radical (unpaired) electrons. The lowest BCUT2D eigenvalue weighted by Gasteiger charge is -2.07. The molecule has 3 N–H and O–H groups in total. The van der Waals surface area contributed by atoms with Gasteiger partial charge < -0.3 is 0 Å². The second kappa shape index (κ2) is 5.89. The summed E-state index contributed by atoms with van der Waals surface area (Å²) in [6.45, 7) is -0.0428. The fourth-order valence-electron chi connectivity index (χ4n) is 1.48. The molecule has 1 aromatic heterocycles. The molecule has 0 aliphatic heterocycles. The van der Waals surface area contributed by atoms with Crippen molar-refractivity contribution in [2.75, 3.05) is 7.05 Å². The van der Waals surface area contributed by atoms with Crippen molar-refractivity contribution >= 4 is 20.0 Å². The summed E-state index contributed by atoms with van der Waals surface area (Å²) in [5.74, 6) is 0.368. The van der Waals surface area contributed by atoms with Crippen LogP contribution in [-0.4, -0.2) is 39.1 Å². The first-order valence-electron chi connectivity index (χ1n) is 5.73. The van der Waals surface area contributed by atoms with E-state index in [-0.39, 0.29) is 16.3 Å². The van der Waals surface area contributed by atoms with E-state index in [2.05, 4.69) is 24.6 Å². The number of aromatic amines is 1. The van der Waals surface area contributed by atoms with Crippen molar-refractivity contribution < 1.29 is 16.8 Å². The highest BCUT2D eigenvalue weighted by Gasteiger charge is 2.17. The second-order valence-electron chi connectivity index (χ2n) is 3.94. The smallest absolute Gasteiger partial charge is 0.240 e. The van der Waals surface area contributed by atoms with Gasteiger partial charge in [-0.3, -0.25) is 5.10 Å². The zero-order valence-corrected chi connectivity index (χ0v) is 12.6. The highest BCUT2D eigenvalue weighted by atomic mass is 32.2. The van der Waals surface area contributed by atoms with Crippen LogP contribution in [-0.2, 0) is 26.6 Å². The van der Waals surface area contributed by atoms with Crippen LogP contribution in [0.2, 0.25) is 0 Å². The minimum Gasteiger partial charge on any atom is -0.262 e. The highest BCUT2D eigenvalue weighted by Crippen LogP contribution is 2.14. The predicted molar refractivity (Wildman–Crippen MR) is 73.1 cm³/mol. The van der Waals surface area contributed by atoms with Crippen molar-refractivity contribution in [1.82, 2.24) is 24.6 Å². The summed E-state index contributed by atoms with van der Waals surface area (Å²) in [6, 6.07) is 4.86. The lowest BCUT2D eigenvalue weighted by atomic mass is 10.4. The van der Waals surface area contributed by atoms with Crippen LogP contribution < -0.4 is 9.44 Å². The quantitative estimate of drug-likeness (QED) is 0.634. The van der Waals surface area contributed by atoms with Crippen LogP contribution in [0.25, 0.3) is 0 Å². The number of nitrogens with zero attached hydrogens (tertiary/aromatic N) is 2. The molecule has 21 heavy (non-hydrogen) atoms. The third-order valence-corrected chi connectivity index (χ3v) is 5.45.